The highest BCUT2D eigenvalue weighted by molar-refractivity contribution is 5.91. The smallest absolute Gasteiger partial charge is 0.219 e. The van der Waals surface area contributed by atoms with Crippen molar-refractivity contribution in [3.8, 4) is 0 Å². The van der Waals surface area contributed by atoms with Gasteiger partial charge in [-0.05, 0) is 54.9 Å². The van der Waals surface area contributed by atoms with Gasteiger partial charge in [-0.15, -0.1) is 0 Å². The Kier molecular flexibility index (Phi) is 6.09. The van der Waals surface area contributed by atoms with Gasteiger partial charge in [0.1, 0.15) is 5.52 Å². The number of nitrogens with zero attached hydrogens (tertiary/aromatic N) is 1. The number of fused-ring (bicyclic) bond motifs is 3. The van der Waals surface area contributed by atoms with Crippen molar-refractivity contribution in [1.82, 2.24) is 10.3 Å². The van der Waals surface area contributed by atoms with Crippen molar-refractivity contribution in [2.45, 2.75) is 51.9 Å². The fourth-order valence-corrected chi connectivity index (χ4v) is 4.01. The van der Waals surface area contributed by atoms with E-state index in [1.54, 1.807) is 0 Å². The number of benzene rings is 2. The number of allylic oxidation sites excluding steroid dienone is 1. The normalized spacial score (nSPS) is 14.4. The van der Waals surface area contributed by atoms with E-state index in [-0.39, 0.29) is 5.91 Å². The Labute approximate surface area is 172 Å². The van der Waals surface area contributed by atoms with E-state index in [1.807, 2.05) is 6.92 Å². The summed E-state index contributed by atoms with van der Waals surface area (Å²) in [7, 11) is 0. The molecule has 4 nitrogen and oxygen atoms in total. The predicted molar refractivity (Wildman–Crippen MR) is 117 cm³/mol. The summed E-state index contributed by atoms with van der Waals surface area (Å²) < 4.78 is 6.20. The van der Waals surface area contributed by atoms with Crippen LogP contribution in [0.4, 0.5) is 0 Å². The number of hydrogen-bond acceptors (Lipinski definition) is 3. The highest BCUT2D eigenvalue weighted by Gasteiger charge is 2.22. The zero-order valence-electron chi connectivity index (χ0n) is 17.0. The van der Waals surface area contributed by atoms with Crippen LogP contribution in [0.15, 0.2) is 53.0 Å². The quantitative estimate of drug-likeness (QED) is 0.536. The van der Waals surface area contributed by atoms with Gasteiger partial charge >= 0.3 is 0 Å². The van der Waals surface area contributed by atoms with Crippen molar-refractivity contribution in [3.05, 3.63) is 71.1 Å². The second-order valence-electron chi connectivity index (χ2n) is 7.64. The first-order valence-electron chi connectivity index (χ1n) is 10.7. The number of unbranched alkanes of at least 4 members (excludes halogenated alkanes) is 1. The third-order valence-electron chi connectivity index (χ3n) is 5.59. The average molecular weight is 389 g/mol. The molecule has 1 heterocycles. The second-order valence-corrected chi connectivity index (χ2v) is 7.64. The fourth-order valence-electron chi connectivity index (χ4n) is 4.01. The highest BCUT2D eigenvalue weighted by atomic mass is 16.3. The molecule has 150 valence electrons. The van der Waals surface area contributed by atoms with Gasteiger partial charge < -0.3 is 9.73 Å². The van der Waals surface area contributed by atoms with Crippen molar-refractivity contribution in [2.75, 3.05) is 6.54 Å². The maximum Gasteiger partial charge on any atom is 0.219 e. The van der Waals surface area contributed by atoms with E-state index in [9.17, 15) is 4.79 Å². The molecule has 0 fully saturated rings. The SMILES string of the molecule is CCC(=O)NC/C=C1\CCc2ccc3nc(CCCCc4ccccc4)oc3c21. The van der Waals surface area contributed by atoms with Crippen molar-refractivity contribution in [3.63, 3.8) is 0 Å². The topological polar surface area (TPSA) is 55.1 Å². The van der Waals surface area contributed by atoms with Crippen molar-refractivity contribution in [1.29, 1.82) is 0 Å². The summed E-state index contributed by atoms with van der Waals surface area (Å²) in [4.78, 5) is 16.2. The second kappa shape index (κ2) is 9.08. The molecule has 0 aliphatic heterocycles. The molecule has 0 saturated carbocycles. The lowest BCUT2D eigenvalue weighted by molar-refractivity contribution is -0.120. The standard InChI is InChI=1S/C25H28N2O2/c1-2-22(28)26-17-16-20-13-12-19-14-15-21-25(24(19)20)29-23(27-21)11-7-6-10-18-8-4-3-5-9-18/h3-5,8-9,14-16H,2,6-7,10-13,17H2,1H3,(H,26,28)/b20-16+. The molecule has 29 heavy (non-hydrogen) atoms. The maximum atomic E-state index is 11.5. The Hall–Kier alpha value is -2.88. The average Bonchev–Trinajstić information content (AvgIpc) is 3.35. The van der Waals surface area contributed by atoms with Gasteiger partial charge in [0.05, 0.1) is 0 Å². The van der Waals surface area contributed by atoms with Gasteiger partial charge in [-0.25, -0.2) is 4.98 Å². The number of nitrogens with one attached hydrogen (secondary N) is 1. The largest absolute Gasteiger partial charge is 0.440 e. The van der Waals surface area contributed by atoms with Crippen molar-refractivity contribution >= 4 is 22.6 Å². The Morgan fingerprint density at radius 1 is 1.10 bits per heavy atom. The molecule has 1 aromatic heterocycles. The molecule has 4 heteroatoms. The molecular formula is C25H28N2O2. The van der Waals surface area contributed by atoms with Crippen LogP contribution in [0.2, 0.25) is 0 Å². The minimum atomic E-state index is 0.0794. The monoisotopic (exact) mass is 388 g/mol. The minimum Gasteiger partial charge on any atom is -0.440 e. The first-order valence-corrected chi connectivity index (χ1v) is 10.7. The van der Waals surface area contributed by atoms with Gasteiger partial charge in [0, 0.05) is 24.9 Å². The van der Waals surface area contributed by atoms with Crippen LogP contribution in [-0.4, -0.2) is 17.4 Å². The summed E-state index contributed by atoms with van der Waals surface area (Å²) >= 11 is 0. The number of rotatable bonds is 8. The van der Waals surface area contributed by atoms with Crippen molar-refractivity contribution in [2.24, 2.45) is 0 Å². The summed E-state index contributed by atoms with van der Waals surface area (Å²) in [6, 6.07) is 14.8. The minimum absolute atomic E-state index is 0.0794. The first-order chi connectivity index (χ1) is 14.2. The lowest BCUT2D eigenvalue weighted by Crippen LogP contribution is -2.22. The van der Waals surface area contributed by atoms with E-state index in [0.717, 1.165) is 55.5 Å². The Balaban J connectivity index is 1.43. The number of amides is 1. The first kappa shape index (κ1) is 19.4. The number of aryl methyl sites for hydroxylation is 3. The summed E-state index contributed by atoms with van der Waals surface area (Å²) in [5, 5.41) is 2.93. The van der Waals surface area contributed by atoms with E-state index in [4.69, 9.17) is 9.40 Å². The summed E-state index contributed by atoms with van der Waals surface area (Å²) in [5.74, 6) is 0.905. The molecule has 0 saturated heterocycles. The van der Waals surface area contributed by atoms with Gasteiger partial charge in [0.15, 0.2) is 11.5 Å². The number of carbonyl (C=O) groups excluding carboxylic acids is 1. The third kappa shape index (κ3) is 4.58. The van der Waals surface area contributed by atoms with Crippen LogP contribution in [-0.2, 0) is 24.1 Å². The van der Waals surface area contributed by atoms with Crippen LogP contribution < -0.4 is 5.32 Å². The van der Waals surface area contributed by atoms with Crippen molar-refractivity contribution < 1.29 is 9.21 Å². The zero-order valence-corrected chi connectivity index (χ0v) is 17.0. The Morgan fingerprint density at radius 3 is 2.76 bits per heavy atom. The van der Waals surface area contributed by atoms with Gasteiger partial charge in [-0.3, -0.25) is 4.79 Å². The lowest BCUT2D eigenvalue weighted by Gasteiger charge is -2.03. The maximum absolute atomic E-state index is 11.5. The van der Waals surface area contributed by atoms with Crippen LogP contribution in [0.1, 0.15) is 55.2 Å². The predicted octanol–water partition coefficient (Wildman–Crippen LogP) is 5.25. The fraction of sp³-hybridized carbons (Fsp3) is 0.360. The summed E-state index contributed by atoms with van der Waals surface area (Å²) in [6.07, 6.45) is 8.80. The van der Waals surface area contributed by atoms with Crippen LogP contribution in [0.25, 0.3) is 16.7 Å². The zero-order chi connectivity index (χ0) is 20.1. The van der Waals surface area contributed by atoms with Gasteiger partial charge in [0.2, 0.25) is 5.91 Å². The van der Waals surface area contributed by atoms with E-state index >= 15 is 0 Å². The van der Waals surface area contributed by atoms with Gasteiger partial charge in [0.25, 0.3) is 0 Å². The molecule has 1 N–H and O–H groups in total. The molecule has 4 rings (SSSR count). The van der Waals surface area contributed by atoms with E-state index in [1.165, 1.54) is 22.3 Å². The molecule has 3 aromatic rings. The number of hydrogen-bond donors (Lipinski definition) is 1. The Bertz CT molecular complexity index is 1020. The molecule has 0 unspecified atom stereocenters. The molecule has 0 radical (unpaired) electrons. The molecule has 2 aromatic carbocycles. The Morgan fingerprint density at radius 2 is 1.93 bits per heavy atom. The van der Waals surface area contributed by atoms with Crippen LogP contribution in [0.5, 0.6) is 0 Å². The van der Waals surface area contributed by atoms with Crippen LogP contribution >= 0.6 is 0 Å². The number of oxazole rings is 1. The molecule has 0 bridgehead atoms. The molecule has 1 aliphatic carbocycles. The van der Waals surface area contributed by atoms with Crippen LogP contribution in [0, 0.1) is 0 Å². The summed E-state index contributed by atoms with van der Waals surface area (Å²) in [5.41, 5.74) is 6.99. The molecule has 0 atom stereocenters. The molecule has 1 aliphatic rings. The molecule has 0 spiro atoms. The molecule has 1 amide bonds. The van der Waals surface area contributed by atoms with Gasteiger partial charge in [-0.1, -0.05) is 49.4 Å². The third-order valence-corrected chi connectivity index (χ3v) is 5.59. The van der Waals surface area contributed by atoms with E-state index in [2.05, 4.69) is 53.9 Å². The van der Waals surface area contributed by atoms with Crippen LogP contribution in [0.3, 0.4) is 0 Å². The summed E-state index contributed by atoms with van der Waals surface area (Å²) in [6.45, 7) is 2.44. The van der Waals surface area contributed by atoms with E-state index in [0.29, 0.717) is 13.0 Å². The highest BCUT2D eigenvalue weighted by Crippen LogP contribution is 2.38. The number of aromatic nitrogens is 1. The molecular weight excluding hydrogens is 360 g/mol. The lowest BCUT2D eigenvalue weighted by atomic mass is 10.1. The van der Waals surface area contributed by atoms with Gasteiger partial charge in [-0.2, -0.15) is 0 Å². The number of carbonyl (C=O) groups is 1. The van der Waals surface area contributed by atoms with E-state index < -0.39 is 0 Å².